The second-order valence-electron chi connectivity index (χ2n) is 7.14. The van der Waals surface area contributed by atoms with Crippen LogP contribution in [-0.2, 0) is 9.59 Å². The summed E-state index contributed by atoms with van der Waals surface area (Å²) in [7, 11) is 1.70. The molecule has 2 amide bonds. The first-order valence-electron chi connectivity index (χ1n) is 9.25. The average molecular weight is 345 g/mol. The highest BCUT2D eigenvalue weighted by Crippen LogP contribution is 2.19. The van der Waals surface area contributed by atoms with Crippen molar-refractivity contribution in [3.8, 4) is 0 Å². The summed E-state index contributed by atoms with van der Waals surface area (Å²) in [6, 6.07) is 6.45. The minimum Gasteiger partial charge on any atom is -0.335 e. The van der Waals surface area contributed by atoms with E-state index in [-0.39, 0.29) is 18.4 Å². The molecule has 0 spiro atoms. The number of likely N-dealkylation sites (tertiary alicyclic amines) is 1. The zero-order valence-electron chi connectivity index (χ0n) is 16.0. The summed E-state index contributed by atoms with van der Waals surface area (Å²) >= 11 is 0. The Morgan fingerprint density at radius 1 is 1.28 bits per heavy atom. The molecule has 0 unspecified atom stereocenters. The van der Waals surface area contributed by atoms with E-state index in [9.17, 15) is 9.59 Å². The van der Waals surface area contributed by atoms with Gasteiger partial charge in [0.15, 0.2) is 0 Å². The van der Waals surface area contributed by atoms with Crippen molar-refractivity contribution >= 4 is 17.5 Å². The van der Waals surface area contributed by atoms with Gasteiger partial charge in [0.1, 0.15) is 0 Å². The van der Waals surface area contributed by atoms with Crippen LogP contribution >= 0.6 is 0 Å². The molecule has 1 aromatic carbocycles. The zero-order valence-corrected chi connectivity index (χ0v) is 16.0. The van der Waals surface area contributed by atoms with Gasteiger partial charge in [0.05, 0.1) is 13.1 Å². The molecule has 0 saturated carbocycles. The van der Waals surface area contributed by atoms with Crippen molar-refractivity contribution in [2.24, 2.45) is 0 Å². The van der Waals surface area contributed by atoms with E-state index < -0.39 is 0 Å². The van der Waals surface area contributed by atoms with Gasteiger partial charge in [0, 0.05) is 18.8 Å². The fraction of sp³-hybridized carbons (Fsp3) is 0.600. The highest BCUT2D eigenvalue weighted by Gasteiger charge is 2.24. The largest absolute Gasteiger partial charge is 0.335 e. The van der Waals surface area contributed by atoms with Gasteiger partial charge in [-0.25, -0.2) is 0 Å². The summed E-state index contributed by atoms with van der Waals surface area (Å²) in [6.07, 6.45) is 4.64. The van der Waals surface area contributed by atoms with Crippen LogP contribution in [0.5, 0.6) is 0 Å². The number of piperidine rings is 1. The Labute approximate surface area is 151 Å². The number of likely N-dealkylation sites (N-methyl/N-ethyl adjacent to an activating group) is 1. The molecule has 0 aliphatic carbocycles. The number of aryl methyl sites for hydroxylation is 2. The van der Waals surface area contributed by atoms with Gasteiger partial charge in [-0.2, -0.15) is 0 Å². The van der Waals surface area contributed by atoms with Crippen molar-refractivity contribution in [2.75, 3.05) is 32.0 Å². The highest BCUT2D eigenvalue weighted by atomic mass is 16.2. The summed E-state index contributed by atoms with van der Waals surface area (Å²) in [5, 5.41) is 2.91. The highest BCUT2D eigenvalue weighted by molar-refractivity contribution is 5.95. The maximum absolute atomic E-state index is 12.5. The quantitative estimate of drug-likeness (QED) is 0.862. The number of carbonyl (C=O) groups excluding carboxylic acids is 2. The maximum atomic E-state index is 12.5. The molecular weight excluding hydrogens is 314 g/mol. The van der Waals surface area contributed by atoms with Crippen molar-refractivity contribution in [3.05, 3.63) is 29.3 Å². The van der Waals surface area contributed by atoms with Crippen molar-refractivity contribution in [3.63, 3.8) is 0 Å². The molecule has 25 heavy (non-hydrogen) atoms. The van der Waals surface area contributed by atoms with Gasteiger partial charge in [0.2, 0.25) is 11.8 Å². The molecule has 0 radical (unpaired) electrons. The molecule has 1 saturated heterocycles. The Kier molecular flexibility index (Phi) is 7.00. The van der Waals surface area contributed by atoms with Crippen LogP contribution in [0.15, 0.2) is 18.2 Å². The number of amides is 2. The van der Waals surface area contributed by atoms with E-state index in [1.807, 2.05) is 32.0 Å². The first-order valence-corrected chi connectivity index (χ1v) is 9.25. The van der Waals surface area contributed by atoms with Crippen LogP contribution in [0.3, 0.4) is 0 Å². The van der Waals surface area contributed by atoms with Gasteiger partial charge in [-0.1, -0.05) is 25.5 Å². The zero-order chi connectivity index (χ0) is 18.4. The fourth-order valence-electron chi connectivity index (χ4n) is 3.39. The van der Waals surface area contributed by atoms with E-state index in [2.05, 4.69) is 17.1 Å². The molecule has 1 aromatic rings. The predicted octanol–water partition coefficient (Wildman–Crippen LogP) is 2.96. The van der Waals surface area contributed by atoms with Crippen LogP contribution in [0.1, 0.15) is 43.7 Å². The minimum absolute atomic E-state index is 0.0106. The van der Waals surface area contributed by atoms with Gasteiger partial charge >= 0.3 is 0 Å². The molecule has 1 atom stereocenters. The summed E-state index contributed by atoms with van der Waals surface area (Å²) in [5.74, 6) is -0.147. The number of hydrogen-bond acceptors (Lipinski definition) is 3. The Balaban J connectivity index is 1.87. The average Bonchev–Trinajstić information content (AvgIpc) is 2.58. The molecule has 1 fully saturated rings. The van der Waals surface area contributed by atoms with Gasteiger partial charge in [-0.15, -0.1) is 0 Å². The van der Waals surface area contributed by atoms with Crippen LogP contribution in [0.4, 0.5) is 5.69 Å². The van der Waals surface area contributed by atoms with E-state index in [1.54, 1.807) is 7.05 Å². The van der Waals surface area contributed by atoms with E-state index in [1.165, 1.54) is 17.7 Å². The summed E-state index contributed by atoms with van der Waals surface area (Å²) in [4.78, 5) is 28.6. The van der Waals surface area contributed by atoms with Crippen molar-refractivity contribution < 1.29 is 9.59 Å². The van der Waals surface area contributed by atoms with Crippen LogP contribution in [-0.4, -0.2) is 54.3 Å². The first-order chi connectivity index (χ1) is 11.9. The molecule has 1 aliphatic rings. The Morgan fingerprint density at radius 3 is 2.76 bits per heavy atom. The van der Waals surface area contributed by atoms with Gasteiger partial charge < -0.3 is 10.2 Å². The molecule has 2 rings (SSSR count). The second-order valence-corrected chi connectivity index (χ2v) is 7.14. The topological polar surface area (TPSA) is 52.7 Å². The van der Waals surface area contributed by atoms with E-state index in [4.69, 9.17) is 0 Å². The molecule has 0 aromatic heterocycles. The number of rotatable bonds is 6. The Morgan fingerprint density at radius 2 is 2.04 bits per heavy atom. The molecule has 5 nitrogen and oxygen atoms in total. The third-order valence-corrected chi connectivity index (χ3v) is 5.03. The van der Waals surface area contributed by atoms with Gasteiger partial charge in [-0.05, 0) is 56.8 Å². The lowest BCUT2D eigenvalue weighted by molar-refractivity contribution is -0.135. The smallest absolute Gasteiger partial charge is 0.243 e. The molecule has 1 heterocycles. The van der Waals surface area contributed by atoms with Crippen LogP contribution < -0.4 is 5.32 Å². The summed E-state index contributed by atoms with van der Waals surface area (Å²) in [6.45, 7) is 7.60. The number of hydrogen-bond donors (Lipinski definition) is 1. The third kappa shape index (κ3) is 5.56. The summed E-state index contributed by atoms with van der Waals surface area (Å²) in [5.41, 5.74) is 2.93. The Hall–Kier alpha value is -1.88. The normalized spacial score (nSPS) is 18.0. The maximum Gasteiger partial charge on any atom is 0.243 e. The van der Waals surface area contributed by atoms with Gasteiger partial charge in [-0.3, -0.25) is 14.5 Å². The van der Waals surface area contributed by atoms with E-state index in [0.29, 0.717) is 12.6 Å². The first kappa shape index (κ1) is 19.4. The van der Waals surface area contributed by atoms with E-state index >= 15 is 0 Å². The molecule has 0 bridgehead atoms. The Bertz CT molecular complexity index is 615. The summed E-state index contributed by atoms with van der Waals surface area (Å²) < 4.78 is 0. The van der Waals surface area contributed by atoms with Crippen LogP contribution in [0.2, 0.25) is 0 Å². The lowest BCUT2D eigenvalue weighted by Crippen LogP contribution is -2.47. The number of anilines is 1. The fourth-order valence-corrected chi connectivity index (χ4v) is 3.39. The second kappa shape index (κ2) is 8.99. The molecule has 1 N–H and O–H groups in total. The molecule has 5 heteroatoms. The lowest BCUT2D eigenvalue weighted by Gasteiger charge is -2.35. The number of nitrogens with one attached hydrogen (secondary N) is 1. The standard InChI is InChI=1S/C20H31N3O2/c1-5-17-8-6-7-11-23(17)14-20(25)22(4)13-19(24)21-18-12-15(2)9-10-16(18)3/h9-10,12,17H,5-8,11,13-14H2,1-4H3,(H,21,24)/t17-/m1/s1. The van der Waals surface area contributed by atoms with Crippen molar-refractivity contribution in [1.29, 1.82) is 0 Å². The van der Waals surface area contributed by atoms with Gasteiger partial charge in [0.25, 0.3) is 0 Å². The lowest BCUT2D eigenvalue weighted by atomic mass is 10.00. The third-order valence-electron chi connectivity index (χ3n) is 5.03. The predicted molar refractivity (Wildman–Crippen MR) is 102 cm³/mol. The number of carbonyl (C=O) groups is 2. The molecular formula is C20H31N3O2. The number of benzene rings is 1. The van der Waals surface area contributed by atoms with Crippen molar-refractivity contribution in [1.82, 2.24) is 9.80 Å². The molecule has 1 aliphatic heterocycles. The van der Waals surface area contributed by atoms with Crippen LogP contribution in [0, 0.1) is 13.8 Å². The monoisotopic (exact) mass is 345 g/mol. The minimum atomic E-state index is -0.157. The van der Waals surface area contributed by atoms with Crippen molar-refractivity contribution in [2.45, 2.75) is 52.5 Å². The van der Waals surface area contributed by atoms with Crippen LogP contribution in [0.25, 0.3) is 0 Å². The number of nitrogens with zero attached hydrogens (tertiary/aromatic N) is 2. The van der Waals surface area contributed by atoms with E-state index in [0.717, 1.165) is 36.2 Å². The molecule has 138 valence electrons. The SMILES string of the molecule is CC[C@@H]1CCCCN1CC(=O)N(C)CC(=O)Nc1cc(C)ccc1C.